The minimum absolute atomic E-state index is 0.154. The van der Waals surface area contributed by atoms with E-state index in [0.29, 0.717) is 19.6 Å². The van der Waals surface area contributed by atoms with Crippen LogP contribution in [0.25, 0.3) is 0 Å². The summed E-state index contributed by atoms with van der Waals surface area (Å²) in [6.45, 7) is 3.28. The number of hydrogen-bond acceptors (Lipinski definition) is 4. The summed E-state index contributed by atoms with van der Waals surface area (Å²) < 4.78 is 5.60. The molecule has 0 aliphatic rings. The lowest BCUT2D eigenvalue weighted by Gasteiger charge is -2.13. The molecule has 0 spiro atoms. The van der Waals surface area contributed by atoms with Crippen molar-refractivity contribution in [1.29, 1.82) is 0 Å². The van der Waals surface area contributed by atoms with Crippen molar-refractivity contribution in [2.24, 2.45) is 5.73 Å². The largest absolute Gasteiger partial charge is 0.493 e. The summed E-state index contributed by atoms with van der Waals surface area (Å²) in [4.78, 5) is 1.19. The minimum atomic E-state index is 0.154. The summed E-state index contributed by atoms with van der Waals surface area (Å²) in [5.41, 5.74) is 6.81. The highest BCUT2D eigenvalue weighted by Gasteiger charge is 2.07. The third-order valence-electron chi connectivity index (χ3n) is 2.15. The predicted octanol–water partition coefficient (Wildman–Crippen LogP) is 2.02. The second kappa shape index (κ2) is 7.54. The summed E-state index contributed by atoms with van der Waals surface area (Å²) in [6, 6.07) is 5.97. The van der Waals surface area contributed by atoms with E-state index < -0.39 is 0 Å². The van der Waals surface area contributed by atoms with Crippen molar-refractivity contribution >= 4 is 11.8 Å². The lowest BCUT2D eigenvalue weighted by atomic mass is 10.2. The molecule has 1 aromatic carbocycles. The summed E-state index contributed by atoms with van der Waals surface area (Å²) in [7, 11) is 0. The van der Waals surface area contributed by atoms with Crippen molar-refractivity contribution in [3.05, 3.63) is 23.8 Å². The van der Waals surface area contributed by atoms with Crippen molar-refractivity contribution in [1.82, 2.24) is 0 Å². The maximum atomic E-state index is 8.70. The maximum absolute atomic E-state index is 8.70. The molecule has 0 saturated heterocycles. The summed E-state index contributed by atoms with van der Waals surface area (Å²) in [5, 5.41) is 8.70. The molecule has 90 valence electrons. The van der Waals surface area contributed by atoms with Crippen LogP contribution in [-0.4, -0.2) is 24.1 Å². The van der Waals surface area contributed by atoms with E-state index in [-0.39, 0.29) is 6.61 Å². The van der Waals surface area contributed by atoms with Crippen molar-refractivity contribution in [2.75, 3.05) is 19.0 Å². The van der Waals surface area contributed by atoms with Crippen LogP contribution in [0.5, 0.6) is 5.75 Å². The second-order valence-corrected chi connectivity index (χ2v) is 4.60. The Balaban J connectivity index is 2.77. The zero-order valence-corrected chi connectivity index (χ0v) is 10.4. The van der Waals surface area contributed by atoms with E-state index >= 15 is 0 Å². The van der Waals surface area contributed by atoms with Crippen molar-refractivity contribution in [2.45, 2.75) is 24.8 Å². The Morgan fingerprint density at radius 3 is 2.88 bits per heavy atom. The monoisotopic (exact) mass is 241 g/mol. The van der Waals surface area contributed by atoms with Crippen LogP contribution >= 0.6 is 11.8 Å². The fourth-order valence-corrected chi connectivity index (χ4v) is 2.26. The SMILES string of the molecule is CCSc1cccc(OCCCO)c1CN. The molecule has 0 radical (unpaired) electrons. The van der Waals surface area contributed by atoms with Crippen LogP contribution in [0.1, 0.15) is 18.9 Å². The van der Waals surface area contributed by atoms with Gasteiger partial charge in [-0.1, -0.05) is 13.0 Å². The molecule has 3 N–H and O–H groups in total. The lowest BCUT2D eigenvalue weighted by molar-refractivity contribution is 0.232. The van der Waals surface area contributed by atoms with Gasteiger partial charge in [0.15, 0.2) is 0 Å². The number of hydrogen-bond donors (Lipinski definition) is 2. The highest BCUT2D eigenvalue weighted by atomic mass is 32.2. The van der Waals surface area contributed by atoms with Crippen LogP contribution in [0.3, 0.4) is 0 Å². The number of thioether (sulfide) groups is 1. The number of benzene rings is 1. The summed E-state index contributed by atoms with van der Waals surface area (Å²) in [5.74, 6) is 1.86. The van der Waals surface area contributed by atoms with E-state index in [9.17, 15) is 0 Å². The Labute approximate surface area is 101 Å². The highest BCUT2D eigenvalue weighted by molar-refractivity contribution is 7.99. The van der Waals surface area contributed by atoms with Gasteiger partial charge < -0.3 is 15.6 Å². The van der Waals surface area contributed by atoms with Crippen LogP contribution in [0.15, 0.2) is 23.1 Å². The maximum Gasteiger partial charge on any atom is 0.124 e. The van der Waals surface area contributed by atoms with E-state index in [4.69, 9.17) is 15.6 Å². The molecule has 0 fully saturated rings. The molecule has 0 heterocycles. The smallest absolute Gasteiger partial charge is 0.124 e. The number of aliphatic hydroxyl groups is 1. The highest BCUT2D eigenvalue weighted by Crippen LogP contribution is 2.29. The number of nitrogens with two attached hydrogens (primary N) is 1. The quantitative estimate of drug-likeness (QED) is 0.566. The zero-order valence-electron chi connectivity index (χ0n) is 9.61. The molecule has 16 heavy (non-hydrogen) atoms. The van der Waals surface area contributed by atoms with Crippen LogP contribution in [0.4, 0.5) is 0 Å². The third-order valence-corrected chi connectivity index (χ3v) is 3.14. The van der Waals surface area contributed by atoms with Crippen molar-refractivity contribution < 1.29 is 9.84 Å². The summed E-state index contributed by atoms with van der Waals surface area (Å²) >= 11 is 1.77. The topological polar surface area (TPSA) is 55.5 Å². The average molecular weight is 241 g/mol. The van der Waals surface area contributed by atoms with Crippen LogP contribution < -0.4 is 10.5 Å². The number of ether oxygens (including phenoxy) is 1. The average Bonchev–Trinajstić information content (AvgIpc) is 2.30. The standard InChI is InChI=1S/C12H19NO2S/c1-2-16-12-6-3-5-11(10(12)9-13)15-8-4-7-14/h3,5-6,14H,2,4,7-9,13H2,1H3. The fraction of sp³-hybridized carbons (Fsp3) is 0.500. The Bertz CT molecular complexity index is 318. The Hall–Kier alpha value is -0.710. The molecule has 0 saturated carbocycles. The van der Waals surface area contributed by atoms with Gasteiger partial charge in [0.2, 0.25) is 0 Å². The molecule has 0 bridgehead atoms. The first-order valence-electron chi connectivity index (χ1n) is 5.51. The van der Waals surface area contributed by atoms with Gasteiger partial charge in [0.1, 0.15) is 5.75 Å². The van der Waals surface area contributed by atoms with Crippen molar-refractivity contribution in [3.8, 4) is 5.75 Å². The molecule has 0 amide bonds. The van der Waals surface area contributed by atoms with Crippen molar-refractivity contribution in [3.63, 3.8) is 0 Å². The Kier molecular flexibility index (Phi) is 6.30. The minimum Gasteiger partial charge on any atom is -0.493 e. The Morgan fingerprint density at radius 1 is 1.44 bits per heavy atom. The van der Waals surface area contributed by atoms with Gasteiger partial charge in [-0.15, -0.1) is 11.8 Å². The molecule has 0 aliphatic heterocycles. The predicted molar refractivity (Wildman–Crippen MR) is 67.9 cm³/mol. The van der Waals surface area contributed by atoms with Crippen LogP contribution in [0.2, 0.25) is 0 Å². The van der Waals surface area contributed by atoms with Crippen LogP contribution in [-0.2, 0) is 6.54 Å². The molecule has 4 heteroatoms. The first-order chi connectivity index (χ1) is 7.83. The second-order valence-electron chi connectivity index (χ2n) is 3.30. The van der Waals surface area contributed by atoms with Gasteiger partial charge >= 0.3 is 0 Å². The lowest BCUT2D eigenvalue weighted by Crippen LogP contribution is -2.06. The number of aliphatic hydroxyl groups excluding tert-OH is 1. The molecule has 1 rings (SSSR count). The van der Waals surface area contributed by atoms with E-state index in [1.807, 2.05) is 12.1 Å². The third kappa shape index (κ3) is 3.70. The van der Waals surface area contributed by atoms with E-state index in [0.717, 1.165) is 17.1 Å². The van der Waals surface area contributed by atoms with Crippen LogP contribution in [0, 0.1) is 0 Å². The molecule has 0 atom stereocenters. The van der Waals surface area contributed by atoms with Gasteiger partial charge in [0.25, 0.3) is 0 Å². The van der Waals surface area contributed by atoms with Gasteiger partial charge in [-0.2, -0.15) is 0 Å². The van der Waals surface area contributed by atoms with Gasteiger partial charge in [-0.3, -0.25) is 0 Å². The summed E-state index contributed by atoms with van der Waals surface area (Å²) in [6.07, 6.45) is 0.648. The molecular weight excluding hydrogens is 222 g/mol. The number of rotatable bonds is 7. The van der Waals surface area contributed by atoms with E-state index in [1.54, 1.807) is 11.8 Å². The first kappa shape index (κ1) is 13.4. The normalized spacial score (nSPS) is 10.4. The molecule has 0 aromatic heterocycles. The van der Waals surface area contributed by atoms with Gasteiger partial charge in [-0.05, 0) is 17.9 Å². The Morgan fingerprint density at radius 2 is 2.25 bits per heavy atom. The fourth-order valence-electron chi connectivity index (χ4n) is 1.42. The first-order valence-corrected chi connectivity index (χ1v) is 6.50. The van der Waals surface area contributed by atoms with E-state index in [1.165, 1.54) is 4.90 Å². The zero-order chi connectivity index (χ0) is 11.8. The molecule has 0 unspecified atom stereocenters. The molecular formula is C12H19NO2S. The molecule has 0 aliphatic carbocycles. The molecule has 1 aromatic rings. The molecule has 3 nitrogen and oxygen atoms in total. The van der Waals surface area contributed by atoms with E-state index in [2.05, 4.69) is 13.0 Å². The van der Waals surface area contributed by atoms with Gasteiger partial charge in [-0.25, -0.2) is 0 Å². The van der Waals surface area contributed by atoms with Gasteiger partial charge in [0.05, 0.1) is 6.61 Å². The van der Waals surface area contributed by atoms with Gasteiger partial charge in [0, 0.05) is 30.0 Å².